The number of rotatable bonds is 3. The number of hydrogen-bond donors (Lipinski definition) is 2. The third-order valence-electron chi connectivity index (χ3n) is 5.80. The van der Waals surface area contributed by atoms with E-state index in [9.17, 15) is 9.90 Å². The van der Waals surface area contributed by atoms with Crippen LogP contribution in [-0.2, 0) is 6.42 Å². The number of piperidine rings is 1. The Morgan fingerprint density at radius 1 is 1.31 bits per heavy atom. The Hall–Kier alpha value is -1.75. The van der Waals surface area contributed by atoms with Gasteiger partial charge >= 0.3 is 6.09 Å². The van der Waals surface area contributed by atoms with E-state index in [0.717, 1.165) is 31.9 Å². The van der Waals surface area contributed by atoms with Gasteiger partial charge in [-0.2, -0.15) is 0 Å². The SMILES string of the molecule is CC(C)(C)C1CN(C(=O)O)CCc2cc(OCC3CCNCC3)ccc21. The van der Waals surface area contributed by atoms with Crippen LogP contribution in [0.2, 0.25) is 0 Å². The molecule has 0 spiro atoms. The van der Waals surface area contributed by atoms with Crippen LogP contribution < -0.4 is 10.1 Å². The summed E-state index contributed by atoms with van der Waals surface area (Å²) in [5, 5.41) is 12.9. The van der Waals surface area contributed by atoms with Crippen LogP contribution in [0.4, 0.5) is 4.79 Å². The van der Waals surface area contributed by atoms with Gasteiger partial charge < -0.3 is 20.1 Å². The molecule has 5 heteroatoms. The van der Waals surface area contributed by atoms with Gasteiger partial charge in [0.1, 0.15) is 5.75 Å². The summed E-state index contributed by atoms with van der Waals surface area (Å²) in [7, 11) is 0. The molecule has 2 heterocycles. The zero-order valence-electron chi connectivity index (χ0n) is 16.3. The van der Waals surface area contributed by atoms with Crippen LogP contribution in [0.1, 0.15) is 50.7 Å². The summed E-state index contributed by atoms with van der Waals surface area (Å²) in [6.45, 7) is 10.6. The lowest BCUT2D eigenvalue weighted by molar-refractivity contribution is 0.135. The number of amides is 1. The molecule has 1 unspecified atom stereocenters. The molecule has 0 aliphatic carbocycles. The summed E-state index contributed by atoms with van der Waals surface area (Å²) in [5.41, 5.74) is 2.51. The monoisotopic (exact) mass is 360 g/mol. The molecular weight excluding hydrogens is 328 g/mol. The Labute approximate surface area is 156 Å². The van der Waals surface area contributed by atoms with Crippen LogP contribution in [0.5, 0.6) is 5.75 Å². The highest BCUT2D eigenvalue weighted by Gasteiger charge is 2.33. The topological polar surface area (TPSA) is 61.8 Å². The van der Waals surface area contributed by atoms with Crippen molar-refractivity contribution in [3.8, 4) is 5.75 Å². The van der Waals surface area contributed by atoms with E-state index >= 15 is 0 Å². The molecule has 2 aliphatic heterocycles. The summed E-state index contributed by atoms with van der Waals surface area (Å²) >= 11 is 0. The lowest BCUT2D eigenvalue weighted by atomic mass is 9.75. The molecule has 3 rings (SSSR count). The molecule has 0 aromatic heterocycles. The molecule has 1 fully saturated rings. The van der Waals surface area contributed by atoms with Crippen molar-refractivity contribution < 1.29 is 14.6 Å². The van der Waals surface area contributed by atoms with Gasteiger partial charge in [-0.15, -0.1) is 0 Å². The average molecular weight is 360 g/mol. The Balaban J connectivity index is 1.77. The summed E-state index contributed by atoms with van der Waals surface area (Å²) in [4.78, 5) is 13.1. The molecule has 1 saturated heterocycles. The normalized spacial score (nSPS) is 21.8. The van der Waals surface area contributed by atoms with Gasteiger partial charge in [0.25, 0.3) is 0 Å². The van der Waals surface area contributed by atoms with Crippen LogP contribution in [0.3, 0.4) is 0 Å². The van der Waals surface area contributed by atoms with Crippen molar-refractivity contribution in [1.82, 2.24) is 10.2 Å². The first-order valence-electron chi connectivity index (χ1n) is 9.79. The predicted octanol–water partition coefficient (Wildman–Crippen LogP) is 3.73. The van der Waals surface area contributed by atoms with E-state index in [1.807, 2.05) is 0 Å². The van der Waals surface area contributed by atoms with Crippen LogP contribution in [0, 0.1) is 11.3 Å². The summed E-state index contributed by atoms with van der Waals surface area (Å²) in [6, 6.07) is 6.37. The largest absolute Gasteiger partial charge is 0.493 e. The molecule has 0 bridgehead atoms. The van der Waals surface area contributed by atoms with Gasteiger partial charge in [-0.05, 0) is 66.9 Å². The van der Waals surface area contributed by atoms with Crippen LogP contribution in [0.25, 0.3) is 0 Å². The molecule has 1 aromatic rings. The standard InChI is InChI=1S/C21H32N2O3/c1-21(2,3)19-13-23(20(24)25)11-8-16-12-17(4-5-18(16)19)26-14-15-6-9-22-10-7-15/h4-5,12,15,19,22H,6-11,13-14H2,1-3H3,(H,24,25). The molecule has 2 aliphatic rings. The van der Waals surface area contributed by atoms with Crippen LogP contribution in [0.15, 0.2) is 18.2 Å². The first-order chi connectivity index (χ1) is 12.3. The molecular formula is C21H32N2O3. The van der Waals surface area contributed by atoms with E-state index in [1.165, 1.54) is 24.0 Å². The van der Waals surface area contributed by atoms with Crippen molar-refractivity contribution in [3.05, 3.63) is 29.3 Å². The Morgan fingerprint density at radius 2 is 2.04 bits per heavy atom. The smallest absolute Gasteiger partial charge is 0.407 e. The fourth-order valence-electron chi connectivity index (χ4n) is 4.07. The first kappa shape index (κ1) is 19.0. The highest BCUT2D eigenvalue weighted by Crippen LogP contribution is 2.40. The number of fused-ring (bicyclic) bond motifs is 1. The van der Waals surface area contributed by atoms with E-state index in [0.29, 0.717) is 19.0 Å². The highest BCUT2D eigenvalue weighted by molar-refractivity contribution is 5.65. The minimum atomic E-state index is -0.825. The molecule has 0 radical (unpaired) electrons. The number of benzene rings is 1. The average Bonchev–Trinajstić information content (AvgIpc) is 2.80. The van der Waals surface area contributed by atoms with Crippen molar-refractivity contribution in [3.63, 3.8) is 0 Å². The molecule has 0 saturated carbocycles. The third kappa shape index (κ3) is 4.50. The fraction of sp³-hybridized carbons (Fsp3) is 0.667. The van der Waals surface area contributed by atoms with Crippen molar-refractivity contribution >= 4 is 6.09 Å². The van der Waals surface area contributed by atoms with E-state index in [-0.39, 0.29) is 11.3 Å². The zero-order valence-corrected chi connectivity index (χ0v) is 16.3. The van der Waals surface area contributed by atoms with Gasteiger partial charge in [0.2, 0.25) is 0 Å². The van der Waals surface area contributed by atoms with E-state index in [2.05, 4.69) is 44.3 Å². The summed E-state index contributed by atoms with van der Waals surface area (Å²) < 4.78 is 6.09. The fourth-order valence-corrected chi connectivity index (χ4v) is 4.07. The number of carbonyl (C=O) groups is 1. The second-order valence-corrected chi connectivity index (χ2v) is 8.76. The minimum absolute atomic E-state index is 0.00423. The maximum absolute atomic E-state index is 11.6. The molecule has 144 valence electrons. The first-order valence-corrected chi connectivity index (χ1v) is 9.79. The Bertz CT molecular complexity index is 633. The molecule has 1 atom stereocenters. The molecule has 1 amide bonds. The van der Waals surface area contributed by atoms with Gasteiger partial charge in [-0.3, -0.25) is 0 Å². The Morgan fingerprint density at radius 3 is 2.69 bits per heavy atom. The van der Waals surface area contributed by atoms with E-state index in [1.54, 1.807) is 4.90 Å². The van der Waals surface area contributed by atoms with Gasteiger partial charge in [-0.25, -0.2) is 4.79 Å². The van der Waals surface area contributed by atoms with Crippen LogP contribution in [-0.4, -0.2) is 48.9 Å². The van der Waals surface area contributed by atoms with Gasteiger partial charge in [0, 0.05) is 19.0 Å². The van der Waals surface area contributed by atoms with Crippen LogP contribution >= 0.6 is 0 Å². The van der Waals surface area contributed by atoms with Crippen molar-refractivity contribution in [2.24, 2.45) is 11.3 Å². The van der Waals surface area contributed by atoms with Gasteiger partial charge in [0.15, 0.2) is 0 Å². The predicted molar refractivity (Wildman–Crippen MR) is 103 cm³/mol. The number of nitrogens with one attached hydrogen (secondary N) is 1. The van der Waals surface area contributed by atoms with E-state index < -0.39 is 6.09 Å². The molecule has 26 heavy (non-hydrogen) atoms. The highest BCUT2D eigenvalue weighted by atomic mass is 16.5. The summed E-state index contributed by atoms with van der Waals surface area (Å²) in [5.74, 6) is 1.73. The van der Waals surface area contributed by atoms with Crippen molar-refractivity contribution in [2.45, 2.75) is 46.0 Å². The maximum Gasteiger partial charge on any atom is 0.407 e. The lowest BCUT2D eigenvalue weighted by Crippen LogP contribution is -2.36. The van der Waals surface area contributed by atoms with Gasteiger partial charge in [0.05, 0.1) is 6.61 Å². The molecule has 1 aromatic carbocycles. The molecule has 5 nitrogen and oxygen atoms in total. The quantitative estimate of drug-likeness (QED) is 0.862. The second-order valence-electron chi connectivity index (χ2n) is 8.76. The van der Waals surface area contributed by atoms with E-state index in [4.69, 9.17) is 4.74 Å². The Kier molecular flexibility index (Phi) is 5.76. The number of carboxylic acid groups (broad SMARTS) is 1. The summed E-state index contributed by atoms with van der Waals surface area (Å²) in [6.07, 6.45) is 2.27. The number of nitrogens with zero attached hydrogens (tertiary/aromatic N) is 1. The third-order valence-corrected chi connectivity index (χ3v) is 5.80. The van der Waals surface area contributed by atoms with Gasteiger partial charge in [-0.1, -0.05) is 26.8 Å². The number of ether oxygens (including phenoxy) is 1. The maximum atomic E-state index is 11.6. The van der Waals surface area contributed by atoms with Crippen molar-refractivity contribution in [2.75, 3.05) is 32.8 Å². The lowest BCUT2D eigenvalue weighted by Gasteiger charge is -2.33. The number of hydrogen-bond acceptors (Lipinski definition) is 3. The molecule has 2 N–H and O–H groups in total. The minimum Gasteiger partial charge on any atom is -0.493 e. The van der Waals surface area contributed by atoms with Crippen molar-refractivity contribution in [1.29, 1.82) is 0 Å². The second kappa shape index (κ2) is 7.87. The zero-order chi connectivity index (χ0) is 18.7.